The smallest absolute Gasteiger partial charge is 0.325 e. The van der Waals surface area contributed by atoms with Crippen molar-refractivity contribution in [3.63, 3.8) is 0 Å². The molecule has 1 aromatic heterocycles. The molecule has 3 rings (SSSR count). The van der Waals surface area contributed by atoms with Gasteiger partial charge >= 0.3 is 5.97 Å². The number of esters is 1. The predicted molar refractivity (Wildman–Crippen MR) is 107 cm³/mol. The standard InChI is InChI=1S/C21H22N2O3S/c1-13-6-5-7-16(9-13)11-18(24)22-21-23(12-19(25)26-4)17-10-14(2)8-15(3)20(17)27-21/h5-10H,11-12H2,1-4H3. The van der Waals surface area contributed by atoms with Crippen molar-refractivity contribution in [3.8, 4) is 0 Å². The third-order valence-corrected chi connectivity index (χ3v) is 5.52. The second kappa shape index (κ2) is 7.88. The summed E-state index contributed by atoms with van der Waals surface area (Å²) in [5.41, 5.74) is 5.12. The van der Waals surface area contributed by atoms with E-state index in [1.807, 2.05) is 51.1 Å². The van der Waals surface area contributed by atoms with E-state index < -0.39 is 0 Å². The van der Waals surface area contributed by atoms with Gasteiger partial charge in [-0.15, -0.1) is 0 Å². The maximum atomic E-state index is 12.5. The van der Waals surface area contributed by atoms with Crippen LogP contribution in [0.25, 0.3) is 10.2 Å². The number of ether oxygens (including phenoxy) is 1. The first-order chi connectivity index (χ1) is 12.9. The van der Waals surface area contributed by atoms with Gasteiger partial charge in [-0.2, -0.15) is 4.99 Å². The molecule has 27 heavy (non-hydrogen) atoms. The third kappa shape index (κ3) is 4.34. The second-order valence-electron chi connectivity index (χ2n) is 6.65. The van der Waals surface area contributed by atoms with Crippen LogP contribution in [0.2, 0.25) is 0 Å². The van der Waals surface area contributed by atoms with E-state index in [0.717, 1.165) is 32.5 Å². The number of aryl methyl sites for hydroxylation is 3. The monoisotopic (exact) mass is 382 g/mol. The number of benzene rings is 2. The maximum Gasteiger partial charge on any atom is 0.325 e. The highest BCUT2D eigenvalue weighted by Gasteiger charge is 2.14. The van der Waals surface area contributed by atoms with Crippen molar-refractivity contribution >= 4 is 33.4 Å². The molecule has 5 nitrogen and oxygen atoms in total. The number of hydrogen-bond acceptors (Lipinski definition) is 4. The summed E-state index contributed by atoms with van der Waals surface area (Å²) in [4.78, 5) is 29.3. The molecular weight excluding hydrogens is 360 g/mol. The predicted octanol–water partition coefficient (Wildman–Crippen LogP) is 3.47. The molecule has 0 unspecified atom stereocenters. The first-order valence-corrected chi connectivity index (χ1v) is 9.49. The summed E-state index contributed by atoms with van der Waals surface area (Å²) >= 11 is 1.42. The number of hydrogen-bond donors (Lipinski definition) is 0. The molecule has 0 bridgehead atoms. The van der Waals surface area contributed by atoms with Crippen molar-refractivity contribution in [1.82, 2.24) is 4.57 Å². The fourth-order valence-electron chi connectivity index (χ4n) is 3.09. The summed E-state index contributed by atoms with van der Waals surface area (Å²) in [5.74, 6) is -0.610. The Kier molecular flexibility index (Phi) is 5.56. The molecule has 1 heterocycles. The summed E-state index contributed by atoms with van der Waals surface area (Å²) in [5, 5.41) is 0. The average molecular weight is 382 g/mol. The third-order valence-electron chi connectivity index (χ3n) is 4.29. The molecule has 0 spiro atoms. The normalized spacial score (nSPS) is 11.8. The van der Waals surface area contributed by atoms with Crippen LogP contribution in [0.1, 0.15) is 22.3 Å². The van der Waals surface area contributed by atoms with Crippen LogP contribution in [0.4, 0.5) is 0 Å². The largest absolute Gasteiger partial charge is 0.468 e. The Hall–Kier alpha value is -2.73. The Bertz CT molecular complexity index is 1090. The van der Waals surface area contributed by atoms with Crippen LogP contribution in [0.15, 0.2) is 41.4 Å². The number of thiazole rings is 1. The minimum atomic E-state index is -0.374. The Morgan fingerprint density at radius 1 is 1.11 bits per heavy atom. The molecule has 3 aromatic rings. The molecule has 0 saturated carbocycles. The Labute approximate surface area is 161 Å². The van der Waals surface area contributed by atoms with Crippen LogP contribution in [0.3, 0.4) is 0 Å². The van der Waals surface area contributed by atoms with Gasteiger partial charge < -0.3 is 9.30 Å². The molecule has 140 valence electrons. The lowest BCUT2D eigenvalue weighted by Crippen LogP contribution is -2.22. The summed E-state index contributed by atoms with van der Waals surface area (Å²) in [6.45, 7) is 6.04. The Balaban J connectivity index is 2.07. The maximum absolute atomic E-state index is 12.5. The van der Waals surface area contributed by atoms with Crippen LogP contribution < -0.4 is 4.80 Å². The minimum Gasteiger partial charge on any atom is -0.468 e. The minimum absolute atomic E-state index is 0.0238. The van der Waals surface area contributed by atoms with E-state index in [4.69, 9.17) is 4.74 Å². The molecule has 0 aliphatic heterocycles. The van der Waals surface area contributed by atoms with Crippen LogP contribution in [-0.2, 0) is 27.3 Å². The molecule has 2 aromatic carbocycles. The van der Waals surface area contributed by atoms with E-state index in [2.05, 4.69) is 11.1 Å². The van der Waals surface area contributed by atoms with E-state index in [1.165, 1.54) is 18.4 Å². The van der Waals surface area contributed by atoms with Gasteiger partial charge in [-0.05, 0) is 43.5 Å². The van der Waals surface area contributed by atoms with Gasteiger partial charge in [0.2, 0.25) is 0 Å². The van der Waals surface area contributed by atoms with Crippen LogP contribution >= 0.6 is 11.3 Å². The van der Waals surface area contributed by atoms with Crippen molar-refractivity contribution in [2.24, 2.45) is 4.99 Å². The van der Waals surface area contributed by atoms with Gasteiger partial charge in [0, 0.05) is 0 Å². The first-order valence-electron chi connectivity index (χ1n) is 8.68. The molecule has 1 amide bonds. The first kappa shape index (κ1) is 19.0. The molecule has 0 radical (unpaired) electrons. The summed E-state index contributed by atoms with van der Waals surface area (Å²) in [6.07, 6.45) is 0.228. The SMILES string of the molecule is COC(=O)Cn1c(=NC(=O)Cc2cccc(C)c2)sc2c(C)cc(C)cc21. The lowest BCUT2D eigenvalue weighted by Gasteiger charge is -2.05. The van der Waals surface area contributed by atoms with Gasteiger partial charge in [0.05, 0.1) is 23.7 Å². The molecule has 0 saturated heterocycles. The van der Waals surface area contributed by atoms with Gasteiger partial charge in [0.15, 0.2) is 4.80 Å². The number of rotatable bonds is 4. The quantitative estimate of drug-likeness (QED) is 0.649. The molecule has 0 aliphatic rings. The number of carbonyl (C=O) groups excluding carboxylic acids is 2. The second-order valence-corrected chi connectivity index (χ2v) is 7.63. The molecule has 0 atom stereocenters. The van der Waals surface area contributed by atoms with E-state index in [9.17, 15) is 9.59 Å². The molecule has 0 N–H and O–H groups in total. The number of carbonyl (C=O) groups is 2. The molecule has 0 aliphatic carbocycles. The topological polar surface area (TPSA) is 60.7 Å². The van der Waals surface area contributed by atoms with E-state index in [-0.39, 0.29) is 24.8 Å². The fraction of sp³-hybridized carbons (Fsp3) is 0.286. The van der Waals surface area contributed by atoms with Crippen LogP contribution in [0, 0.1) is 20.8 Å². The summed E-state index contributed by atoms with van der Waals surface area (Å²) in [6, 6.07) is 11.9. The van der Waals surface area contributed by atoms with Crippen LogP contribution in [0.5, 0.6) is 0 Å². The van der Waals surface area contributed by atoms with Gasteiger partial charge in [-0.25, -0.2) is 0 Å². The van der Waals surface area contributed by atoms with Gasteiger partial charge in [0.25, 0.3) is 5.91 Å². The number of aromatic nitrogens is 1. The Morgan fingerprint density at radius 2 is 1.89 bits per heavy atom. The zero-order valence-electron chi connectivity index (χ0n) is 15.9. The lowest BCUT2D eigenvalue weighted by atomic mass is 10.1. The average Bonchev–Trinajstić information content (AvgIpc) is 2.92. The molecule has 0 fully saturated rings. The van der Waals surface area contributed by atoms with E-state index in [0.29, 0.717) is 4.80 Å². The fourth-order valence-corrected chi connectivity index (χ4v) is 4.18. The highest BCUT2D eigenvalue weighted by Crippen LogP contribution is 2.23. The zero-order chi connectivity index (χ0) is 19.6. The molecule has 6 heteroatoms. The van der Waals surface area contributed by atoms with E-state index >= 15 is 0 Å². The van der Waals surface area contributed by atoms with Gasteiger partial charge in [-0.3, -0.25) is 9.59 Å². The number of amides is 1. The molecular formula is C21H22N2O3S. The van der Waals surface area contributed by atoms with Gasteiger partial charge in [0.1, 0.15) is 6.54 Å². The number of fused-ring (bicyclic) bond motifs is 1. The van der Waals surface area contributed by atoms with Crippen molar-refractivity contribution in [1.29, 1.82) is 0 Å². The van der Waals surface area contributed by atoms with E-state index in [1.54, 1.807) is 4.57 Å². The van der Waals surface area contributed by atoms with Crippen molar-refractivity contribution in [2.45, 2.75) is 33.7 Å². The summed E-state index contributed by atoms with van der Waals surface area (Å²) in [7, 11) is 1.35. The number of nitrogens with zero attached hydrogens (tertiary/aromatic N) is 2. The highest BCUT2D eigenvalue weighted by molar-refractivity contribution is 7.16. The van der Waals surface area contributed by atoms with Crippen molar-refractivity contribution in [2.75, 3.05) is 7.11 Å². The zero-order valence-corrected chi connectivity index (χ0v) is 16.7. The summed E-state index contributed by atoms with van der Waals surface area (Å²) < 4.78 is 7.60. The lowest BCUT2D eigenvalue weighted by molar-refractivity contribution is -0.141. The van der Waals surface area contributed by atoms with Crippen molar-refractivity contribution < 1.29 is 14.3 Å². The van der Waals surface area contributed by atoms with Gasteiger partial charge in [-0.1, -0.05) is 47.2 Å². The highest BCUT2D eigenvalue weighted by atomic mass is 32.1. The Morgan fingerprint density at radius 3 is 2.59 bits per heavy atom. The number of methoxy groups -OCH3 is 1. The van der Waals surface area contributed by atoms with Crippen LogP contribution in [-0.4, -0.2) is 23.6 Å². The van der Waals surface area contributed by atoms with Crippen molar-refractivity contribution in [3.05, 3.63) is 63.5 Å².